The van der Waals surface area contributed by atoms with Crippen molar-refractivity contribution in [1.82, 2.24) is 4.57 Å². The number of carboxylic acid groups (broad SMARTS) is 1. The van der Waals surface area contributed by atoms with Crippen LogP contribution in [-0.2, 0) is 0 Å². The first-order valence-corrected chi connectivity index (χ1v) is 4.02. The van der Waals surface area contributed by atoms with E-state index in [2.05, 4.69) is 0 Å². The summed E-state index contributed by atoms with van der Waals surface area (Å²) in [6.45, 7) is 0. The quantitative estimate of drug-likeness (QED) is 0.698. The maximum Gasteiger partial charge on any atom is 0.415 e. The van der Waals surface area contributed by atoms with Gasteiger partial charge in [-0.1, -0.05) is 12.1 Å². The Labute approximate surface area is 79.4 Å². The first kappa shape index (κ1) is 8.50. The molecule has 70 valence electrons. The number of hydrogen-bond acceptors (Lipinski definition) is 2. The van der Waals surface area contributed by atoms with E-state index in [1.165, 1.54) is 6.20 Å². The van der Waals surface area contributed by atoms with Crippen molar-refractivity contribution >= 4 is 23.3 Å². The van der Waals surface area contributed by atoms with E-state index < -0.39 is 6.09 Å². The maximum atomic E-state index is 10.8. The van der Waals surface area contributed by atoms with E-state index in [9.17, 15) is 9.59 Å². The number of nitrogens with zero attached hydrogens (tertiary/aromatic N) is 1. The van der Waals surface area contributed by atoms with Crippen LogP contribution >= 0.6 is 0 Å². The standard InChI is InChI=1S/C10H7NO3/c12-6-7-1-2-8-3-4-11(10(13)14)9(8)5-7/h1-6H,(H,13,14). The van der Waals surface area contributed by atoms with Crippen LogP contribution in [0.3, 0.4) is 0 Å². The highest BCUT2D eigenvalue weighted by Gasteiger charge is 2.06. The molecule has 0 saturated heterocycles. The molecular weight excluding hydrogens is 182 g/mol. The van der Waals surface area contributed by atoms with Crippen LogP contribution in [0.4, 0.5) is 4.79 Å². The number of carbonyl (C=O) groups is 2. The van der Waals surface area contributed by atoms with Gasteiger partial charge in [0, 0.05) is 17.1 Å². The van der Waals surface area contributed by atoms with E-state index in [0.29, 0.717) is 17.4 Å². The van der Waals surface area contributed by atoms with Gasteiger partial charge in [0.15, 0.2) is 0 Å². The van der Waals surface area contributed by atoms with Gasteiger partial charge in [-0.3, -0.25) is 9.36 Å². The average Bonchev–Trinajstić information content (AvgIpc) is 2.59. The van der Waals surface area contributed by atoms with Crippen LogP contribution in [0.5, 0.6) is 0 Å². The minimum atomic E-state index is -1.05. The monoisotopic (exact) mass is 189 g/mol. The Hall–Kier alpha value is -2.10. The molecule has 1 heterocycles. The minimum Gasteiger partial charge on any atom is -0.464 e. The Bertz CT molecular complexity index is 513. The Kier molecular flexibility index (Phi) is 1.81. The normalized spacial score (nSPS) is 10.3. The van der Waals surface area contributed by atoms with Crippen LogP contribution in [0.25, 0.3) is 10.9 Å². The SMILES string of the molecule is O=Cc1ccc2ccn(C(=O)O)c2c1. The van der Waals surface area contributed by atoms with Gasteiger partial charge in [-0.05, 0) is 12.1 Å². The molecule has 0 saturated carbocycles. The highest BCUT2D eigenvalue weighted by molar-refractivity contribution is 5.92. The third-order valence-corrected chi connectivity index (χ3v) is 2.06. The molecule has 0 aliphatic heterocycles. The van der Waals surface area contributed by atoms with Gasteiger partial charge in [0.25, 0.3) is 0 Å². The molecule has 0 aliphatic carbocycles. The molecule has 4 heteroatoms. The van der Waals surface area contributed by atoms with E-state index in [1.54, 1.807) is 24.3 Å². The van der Waals surface area contributed by atoms with Crippen LogP contribution in [-0.4, -0.2) is 22.1 Å². The second-order valence-electron chi connectivity index (χ2n) is 2.90. The number of aldehydes is 1. The van der Waals surface area contributed by atoms with E-state index in [1.807, 2.05) is 0 Å². The first-order chi connectivity index (χ1) is 6.72. The smallest absolute Gasteiger partial charge is 0.415 e. The number of benzene rings is 1. The number of fused-ring (bicyclic) bond motifs is 1. The number of hydrogen-bond donors (Lipinski definition) is 1. The Balaban J connectivity index is 2.75. The summed E-state index contributed by atoms with van der Waals surface area (Å²) < 4.78 is 1.09. The highest BCUT2D eigenvalue weighted by Crippen LogP contribution is 2.16. The molecule has 0 spiro atoms. The number of rotatable bonds is 1. The van der Waals surface area contributed by atoms with Crippen molar-refractivity contribution in [2.24, 2.45) is 0 Å². The van der Waals surface area contributed by atoms with Crippen molar-refractivity contribution in [3.05, 3.63) is 36.0 Å². The van der Waals surface area contributed by atoms with Crippen molar-refractivity contribution in [2.45, 2.75) is 0 Å². The molecule has 1 N–H and O–H groups in total. The van der Waals surface area contributed by atoms with Gasteiger partial charge >= 0.3 is 6.09 Å². The molecule has 14 heavy (non-hydrogen) atoms. The van der Waals surface area contributed by atoms with E-state index >= 15 is 0 Å². The molecule has 2 aromatic rings. The molecule has 2 rings (SSSR count). The van der Waals surface area contributed by atoms with Gasteiger partial charge in [0.1, 0.15) is 6.29 Å². The molecule has 0 bridgehead atoms. The van der Waals surface area contributed by atoms with Gasteiger partial charge in [0.05, 0.1) is 5.52 Å². The van der Waals surface area contributed by atoms with Crippen molar-refractivity contribution < 1.29 is 14.7 Å². The maximum absolute atomic E-state index is 10.8. The molecule has 0 radical (unpaired) electrons. The molecule has 0 fully saturated rings. The van der Waals surface area contributed by atoms with Gasteiger partial charge in [-0.15, -0.1) is 0 Å². The molecule has 0 amide bonds. The fourth-order valence-electron chi connectivity index (χ4n) is 1.39. The summed E-state index contributed by atoms with van der Waals surface area (Å²) in [5.74, 6) is 0. The van der Waals surface area contributed by atoms with Crippen LogP contribution in [0.1, 0.15) is 10.4 Å². The summed E-state index contributed by atoms with van der Waals surface area (Å²) >= 11 is 0. The van der Waals surface area contributed by atoms with E-state index in [-0.39, 0.29) is 0 Å². The molecule has 0 aliphatic rings. The van der Waals surface area contributed by atoms with Gasteiger partial charge in [-0.2, -0.15) is 0 Å². The minimum absolute atomic E-state index is 0.471. The second kappa shape index (κ2) is 2.99. The summed E-state index contributed by atoms with van der Waals surface area (Å²) in [5.41, 5.74) is 1.00. The topological polar surface area (TPSA) is 59.3 Å². The summed E-state index contributed by atoms with van der Waals surface area (Å²) in [6.07, 6.45) is 1.10. The lowest BCUT2D eigenvalue weighted by molar-refractivity contribution is 0.112. The summed E-state index contributed by atoms with van der Waals surface area (Å²) in [7, 11) is 0. The summed E-state index contributed by atoms with van der Waals surface area (Å²) in [6, 6.07) is 6.62. The van der Waals surface area contributed by atoms with Gasteiger partial charge in [0.2, 0.25) is 0 Å². The largest absolute Gasteiger partial charge is 0.464 e. The highest BCUT2D eigenvalue weighted by atomic mass is 16.4. The fraction of sp³-hybridized carbons (Fsp3) is 0. The number of carbonyl (C=O) groups excluding carboxylic acids is 1. The zero-order valence-corrected chi connectivity index (χ0v) is 7.18. The zero-order chi connectivity index (χ0) is 10.1. The van der Waals surface area contributed by atoms with Crippen LogP contribution < -0.4 is 0 Å². The molecule has 0 unspecified atom stereocenters. The Morgan fingerprint density at radius 1 is 1.36 bits per heavy atom. The van der Waals surface area contributed by atoms with Crippen molar-refractivity contribution in [3.63, 3.8) is 0 Å². The lowest BCUT2D eigenvalue weighted by atomic mass is 10.2. The fourth-order valence-corrected chi connectivity index (χ4v) is 1.39. The first-order valence-electron chi connectivity index (χ1n) is 4.02. The van der Waals surface area contributed by atoms with Crippen LogP contribution in [0.2, 0.25) is 0 Å². The second-order valence-corrected chi connectivity index (χ2v) is 2.90. The van der Waals surface area contributed by atoms with Gasteiger partial charge in [-0.25, -0.2) is 4.79 Å². The Morgan fingerprint density at radius 3 is 2.79 bits per heavy atom. The lowest BCUT2D eigenvalue weighted by Crippen LogP contribution is -2.05. The zero-order valence-electron chi connectivity index (χ0n) is 7.18. The summed E-state index contributed by atoms with van der Waals surface area (Å²) in [5, 5.41) is 9.61. The molecule has 4 nitrogen and oxygen atoms in total. The molecule has 0 atom stereocenters. The predicted octanol–water partition coefficient (Wildman–Crippen LogP) is 1.98. The predicted molar refractivity (Wildman–Crippen MR) is 50.7 cm³/mol. The summed E-state index contributed by atoms with van der Waals surface area (Å²) in [4.78, 5) is 21.2. The van der Waals surface area contributed by atoms with E-state index in [0.717, 1.165) is 9.95 Å². The Morgan fingerprint density at radius 2 is 2.14 bits per heavy atom. The third kappa shape index (κ3) is 1.17. The van der Waals surface area contributed by atoms with Crippen LogP contribution in [0, 0.1) is 0 Å². The lowest BCUT2D eigenvalue weighted by Gasteiger charge is -1.97. The van der Waals surface area contributed by atoms with Crippen LogP contribution in [0.15, 0.2) is 30.5 Å². The van der Waals surface area contributed by atoms with Crippen molar-refractivity contribution in [3.8, 4) is 0 Å². The molecular formula is C10H7NO3. The molecule has 1 aromatic carbocycles. The number of aromatic nitrogens is 1. The average molecular weight is 189 g/mol. The van der Waals surface area contributed by atoms with E-state index in [4.69, 9.17) is 5.11 Å². The third-order valence-electron chi connectivity index (χ3n) is 2.06. The van der Waals surface area contributed by atoms with Crippen molar-refractivity contribution in [2.75, 3.05) is 0 Å². The molecule has 1 aromatic heterocycles. The van der Waals surface area contributed by atoms with Crippen molar-refractivity contribution in [1.29, 1.82) is 0 Å². The van der Waals surface area contributed by atoms with Gasteiger partial charge < -0.3 is 5.11 Å².